The molecule has 0 aliphatic carbocycles. The number of amides is 1. The van der Waals surface area contributed by atoms with Gasteiger partial charge in [0.05, 0.1) is 16.5 Å². The topological polar surface area (TPSA) is 69.9 Å². The second-order valence-electron chi connectivity index (χ2n) is 8.17. The summed E-state index contributed by atoms with van der Waals surface area (Å²) in [6, 6.07) is 2.34. The van der Waals surface area contributed by atoms with Crippen LogP contribution in [0, 0.1) is 16.0 Å². The van der Waals surface area contributed by atoms with Gasteiger partial charge in [-0.2, -0.15) is 13.2 Å². The van der Waals surface area contributed by atoms with Crippen LogP contribution in [0.15, 0.2) is 18.2 Å². The molecule has 0 N–H and O–H groups in total. The minimum absolute atomic E-state index is 0.0934. The summed E-state index contributed by atoms with van der Waals surface area (Å²) in [5.74, 6) is 0.725. The maximum Gasteiger partial charge on any atom is 0.416 e. The minimum Gasteiger partial charge on any atom is -0.363 e. The second-order valence-corrected chi connectivity index (χ2v) is 8.17. The zero-order valence-corrected chi connectivity index (χ0v) is 17.2. The number of hydrogen-bond acceptors (Lipinski definition) is 5. The molecule has 2 fully saturated rings. The largest absolute Gasteiger partial charge is 0.416 e. The number of nitro groups is 1. The summed E-state index contributed by atoms with van der Waals surface area (Å²) in [4.78, 5) is 29.0. The second kappa shape index (κ2) is 8.79. The Bertz CT molecular complexity index is 786. The van der Waals surface area contributed by atoms with Gasteiger partial charge in [0.15, 0.2) is 0 Å². The fourth-order valence-electron chi connectivity index (χ4n) is 4.11. The van der Waals surface area contributed by atoms with E-state index in [1.807, 2.05) is 16.7 Å². The first-order chi connectivity index (χ1) is 14.1. The molecule has 2 heterocycles. The van der Waals surface area contributed by atoms with Crippen molar-refractivity contribution in [2.75, 3.05) is 44.2 Å². The van der Waals surface area contributed by atoms with Crippen molar-refractivity contribution in [3.63, 3.8) is 0 Å². The van der Waals surface area contributed by atoms with Crippen molar-refractivity contribution in [1.29, 1.82) is 0 Å². The molecule has 10 heteroatoms. The summed E-state index contributed by atoms with van der Waals surface area (Å²) in [5.41, 5.74) is -1.41. The van der Waals surface area contributed by atoms with E-state index < -0.39 is 22.4 Å². The first-order valence-electron chi connectivity index (χ1n) is 10.2. The normalized spacial score (nSPS) is 20.3. The average Bonchev–Trinajstić information content (AvgIpc) is 2.72. The minimum atomic E-state index is -4.63. The van der Waals surface area contributed by atoms with E-state index in [1.165, 1.54) is 6.07 Å². The lowest BCUT2D eigenvalue weighted by atomic mass is 9.98. The Morgan fingerprint density at radius 3 is 2.27 bits per heavy atom. The van der Waals surface area contributed by atoms with E-state index in [9.17, 15) is 28.1 Å². The van der Waals surface area contributed by atoms with Crippen molar-refractivity contribution < 1.29 is 22.9 Å². The molecule has 2 aliphatic heterocycles. The van der Waals surface area contributed by atoms with Crippen molar-refractivity contribution in [1.82, 2.24) is 9.80 Å². The number of likely N-dealkylation sites (tertiary alicyclic amines) is 1. The molecule has 7 nitrogen and oxygen atoms in total. The lowest BCUT2D eigenvalue weighted by molar-refractivity contribution is -0.384. The van der Waals surface area contributed by atoms with Crippen molar-refractivity contribution in [2.45, 2.75) is 38.9 Å². The Kier molecular flexibility index (Phi) is 6.54. The predicted octanol–water partition coefficient (Wildman–Crippen LogP) is 3.38. The Morgan fingerprint density at radius 2 is 1.73 bits per heavy atom. The molecule has 166 valence electrons. The number of hydrogen-bond donors (Lipinski definition) is 0. The number of piperidine rings is 1. The molecule has 0 unspecified atom stereocenters. The van der Waals surface area contributed by atoms with Gasteiger partial charge in [0.25, 0.3) is 5.69 Å². The summed E-state index contributed by atoms with van der Waals surface area (Å²) in [5, 5.41) is 11.4. The van der Waals surface area contributed by atoms with Gasteiger partial charge >= 0.3 is 6.18 Å². The van der Waals surface area contributed by atoms with Crippen LogP contribution in [0.3, 0.4) is 0 Å². The van der Waals surface area contributed by atoms with Crippen LogP contribution in [0.1, 0.15) is 32.3 Å². The molecule has 2 aliphatic rings. The molecule has 1 aromatic rings. The lowest BCUT2D eigenvalue weighted by Gasteiger charge is -2.40. The zero-order chi connectivity index (χ0) is 22.1. The van der Waals surface area contributed by atoms with Gasteiger partial charge < -0.3 is 9.80 Å². The third-order valence-electron chi connectivity index (χ3n) is 6.15. The van der Waals surface area contributed by atoms with Crippen LogP contribution in [-0.2, 0) is 11.0 Å². The molecule has 1 atom stereocenters. The van der Waals surface area contributed by atoms with Gasteiger partial charge in [-0.05, 0) is 37.8 Å². The SMILES string of the molecule is CC1CCN(C(=O)[C@@H](C)N2CCN(c3ccc(C(F)(F)F)cc3[N+](=O)[O-])CC2)CC1. The highest BCUT2D eigenvalue weighted by Crippen LogP contribution is 2.36. The van der Waals surface area contributed by atoms with Crippen LogP contribution in [0.2, 0.25) is 0 Å². The Balaban J connectivity index is 1.65. The van der Waals surface area contributed by atoms with Gasteiger partial charge in [-0.1, -0.05) is 6.92 Å². The number of rotatable bonds is 4. The first kappa shape index (κ1) is 22.3. The summed E-state index contributed by atoms with van der Waals surface area (Å²) in [6.07, 6.45) is -2.63. The van der Waals surface area contributed by atoms with E-state index in [4.69, 9.17) is 0 Å². The first-order valence-corrected chi connectivity index (χ1v) is 10.2. The number of benzene rings is 1. The number of alkyl halides is 3. The fraction of sp³-hybridized carbons (Fsp3) is 0.650. The van der Waals surface area contributed by atoms with Gasteiger partial charge in [-0.3, -0.25) is 19.8 Å². The zero-order valence-electron chi connectivity index (χ0n) is 17.2. The lowest BCUT2D eigenvalue weighted by Crippen LogP contribution is -2.55. The van der Waals surface area contributed by atoms with Crippen molar-refractivity contribution in [3.05, 3.63) is 33.9 Å². The molecule has 30 heavy (non-hydrogen) atoms. The van der Waals surface area contributed by atoms with E-state index >= 15 is 0 Å². The van der Waals surface area contributed by atoms with E-state index in [0.29, 0.717) is 38.2 Å². The summed E-state index contributed by atoms with van der Waals surface area (Å²) < 4.78 is 38.8. The van der Waals surface area contributed by atoms with Crippen LogP contribution >= 0.6 is 0 Å². The highest BCUT2D eigenvalue weighted by Gasteiger charge is 2.35. The molecular weight excluding hydrogens is 401 g/mol. The molecule has 0 spiro atoms. The molecular formula is C20H27F3N4O3. The average molecular weight is 428 g/mol. The molecule has 0 aromatic heterocycles. The maximum absolute atomic E-state index is 12.9. The van der Waals surface area contributed by atoms with Crippen LogP contribution in [-0.4, -0.2) is 65.9 Å². The number of nitrogens with zero attached hydrogens (tertiary/aromatic N) is 4. The Labute approximate surface area is 173 Å². The van der Waals surface area contributed by atoms with E-state index in [0.717, 1.165) is 32.0 Å². The summed E-state index contributed by atoms with van der Waals surface area (Å²) in [7, 11) is 0. The van der Waals surface area contributed by atoms with Gasteiger partial charge in [-0.25, -0.2) is 0 Å². The fourth-order valence-corrected chi connectivity index (χ4v) is 4.11. The number of piperazine rings is 1. The molecule has 1 aromatic carbocycles. The van der Waals surface area contributed by atoms with E-state index in [2.05, 4.69) is 6.92 Å². The van der Waals surface area contributed by atoms with Gasteiger partial charge in [-0.15, -0.1) is 0 Å². The molecule has 2 saturated heterocycles. The van der Waals surface area contributed by atoms with Gasteiger partial charge in [0.2, 0.25) is 5.91 Å². The number of carbonyl (C=O) groups is 1. The molecule has 0 bridgehead atoms. The Hall–Kier alpha value is -2.36. The monoisotopic (exact) mass is 428 g/mol. The summed E-state index contributed by atoms with van der Waals surface area (Å²) in [6.45, 7) is 7.41. The molecule has 0 radical (unpaired) electrons. The highest BCUT2D eigenvalue weighted by atomic mass is 19.4. The predicted molar refractivity (Wildman–Crippen MR) is 106 cm³/mol. The Morgan fingerprint density at radius 1 is 1.13 bits per heavy atom. The van der Waals surface area contributed by atoms with Crippen molar-refractivity contribution in [3.8, 4) is 0 Å². The standard InChI is InChI=1S/C20H27F3N4O3/c1-14-5-7-26(8-6-14)19(28)15(2)24-9-11-25(12-10-24)17-4-3-16(20(21,22)23)13-18(17)27(29)30/h3-4,13-15H,5-12H2,1-2H3/t15-/m1/s1. The van der Waals surface area contributed by atoms with Crippen LogP contribution in [0.4, 0.5) is 24.5 Å². The van der Waals surface area contributed by atoms with Gasteiger partial charge in [0.1, 0.15) is 5.69 Å². The van der Waals surface area contributed by atoms with Crippen LogP contribution in [0.5, 0.6) is 0 Å². The van der Waals surface area contributed by atoms with E-state index in [-0.39, 0.29) is 17.6 Å². The maximum atomic E-state index is 12.9. The third-order valence-corrected chi connectivity index (χ3v) is 6.15. The molecule has 3 rings (SSSR count). The quantitative estimate of drug-likeness (QED) is 0.543. The third kappa shape index (κ3) is 4.85. The molecule has 1 amide bonds. The summed E-state index contributed by atoms with van der Waals surface area (Å²) >= 11 is 0. The smallest absolute Gasteiger partial charge is 0.363 e. The van der Waals surface area contributed by atoms with E-state index in [1.54, 1.807) is 4.90 Å². The van der Waals surface area contributed by atoms with Crippen LogP contribution in [0.25, 0.3) is 0 Å². The van der Waals surface area contributed by atoms with Crippen molar-refractivity contribution in [2.24, 2.45) is 5.92 Å². The number of carbonyl (C=O) groups excluding carboxylic acids is 1. The van der Waals surface area contributed by atoms with Crippen molar-refractivity contribution >= 4 is 17.3 Å². The van der Waals surface area contributed by atoms with Gasteiger partial charge in [0, 0.05) is 45.3 Å². The number of halogens is 3. The highest BCUT2D eigenvalue weighted by molar-refractivity contribution is 5.81. The van der Waals surface area contributed by atoms with Crippen LogP contribution < -0.4 is 4.90 Å². The number of nitro benzene ring substituents is 1. The number of anilines is 1. The molecule has 0 saturated carbocycles.